The van der Waals surface area contributed by atoms with Crippen LogP contribution >= 0.6 is 0 Å². The number of pyridine rings is 1. The van der Waals surface area contributed by atoms with Crippen molar-refractivity contribution in [2.24, 2.45) is 7.05 Å². The quantitative estimate of drug-likeness (QED) is 0.0594. The Kier molecular flexibility index (Phi) is 14.3. The van der Waals surface area contributed by atoms with E-state index in [1.54, 1.807) is 43.4 Å². The first kappa shape index (κ1) is 45.9. The number of nitrogens with zero attached hydrogens (tertiary/aromatic N) is 1. The number of ether oxygens (including phenoxy) is 6. The maximum atomic E-state index is 11.1. The molecule has 5 heterocycles. The fraction of sp³-hybridized carbons (Fsp3) is 0.658. The van der Waals surface area contributed by atoms with E-state index < -0.39 is 149 Å². The van der Waals surface area contributed by atoms with E-state index in [0.717, 1.165) is 10.8 Å². The lowest BCUT2D eigenvalue weighted by atomic mass is 9.96. The van der Waals surface area contributed by atoms with Gasteiger partial charge in [0.2, 0.25) is 11.0 Å². The molecule has 4 aliphatic rings. The van der Waals surface area contributed by atoms with E-state index >= 15 is 0 Å². The van der Waals surface area contributed by atoms with E-state index in [4.69, 9.17) is 28.4 Å². The summed E-state index contributed by atoms with van der Waals surface area (Å²) in [5, 5.41) is 153. The van der Waals surface area contributed by atoms with Crippen LogP contribution < -0.4 is 15.2 Å². The van der Waals surface area contributed by atoms with Gasteiger partial charge >= 0.3 is 0 Å². The fourth-order valence-corrected chi connectivity index (χ4v) is 8.14. The number of nitrogens with one attached hydrogen (secondary N) is 2. The van der Waals surface area contributed by atoms with Crippen LogP contribution in [0.4, 0.5) is 11.4 Å². The minimum atomic E-state index is -1.80. The van der Waals surface area contributed by atoms with E-state index in [9.17, 15) is 71.5 Å². The van der Waals surface area contributed by atoms with E-state index in [-0.39, 0.29) is 0 Å². The lowest BCUT2D eigenvalue weighted by Crippen LogP contribution is -2.65. The molecular weight excluding hydrogens is 818 g/mol. The zero-order valence-electron chi connectivity index (χ0n) is 32.6. The molecule has 4 fully saturated rings. The maximum Gasteiger partial charge on any atom is 0.214 e. The Hall–Kier alpha value is -3.09. The highest BCUT2D eigenvalue weighted by Crippen LogP contribution is 2.33. The molecule has 20 atom stereocenters. The van der Waals surface area contributed by atoms with Crippen molar-refractivity contribution < 1.29 is 104 Å². The number of anilines is 2. The first-order chi connectivity index (χ1) is 29.1. The number of aryl methyl sites for hydroxylation is 1. The van der Waals surface area contributed by atoms with Crippen LogP contribution in [0.1, 0.15) is 0 Å². The molecule has 0 aliphatic carbocycles. The van der Waals surface area contributed by atoms with Gasteiger partial charge in [-0.15, -0.1) is 0 Å². The highest BCUT2D eigenvalue weighted by Gasteiger charge is 2.52. The third-order valence-corrected chi connectivity index (χ3v) is 11.7. The number of aliphatic hydroxyl groups excluding tert-OH is 14. The number of fused-ring (bicyclic) bond motifs is 2. The van der Waals surface area contributed by atoms with Gasteiger partial charge in [0.15, 0.2) is 25.0 Å². The summed E-state index contributed by atoms with van der Waals surface area (Å²) in [5.41, 5.74) is 2.23. The normalized spacial score (nSPS) is 42.1. The van der Waals surface area contributed by atoms with Crippen molar-refractivity contribution in [2.75, 3.05) is 37.1 Å². The molecule has 61 heavy (non-hydrogen) atoms. The summed E-state index contributed by atoms with van der Waals surface area (Å²) >= 11 is 0. The van der Waals surface area contributed by atoms with Gasteiger partial charge in [0, 0.05) is 34.3 Å². The number of hydrogen-bond acceptors (Lipinski definition) is 22. The van der Waals surface area contributed by atoms with Gasteiger partial charge in [-0.25, -0.2) is 0 Å². The molecule has 0 spiro atoms. The van der Waals surface area contributed by atoms with Crippen molar-refractivity contribution in [3.05, 3.63) is 42.5 Å². The van der Waals surface area contributed by atoms with Gasteiger partial charge in [-0.05, 0) is 30.3 Å². The molecule has 1 aromatic heterocycles. The summed E-state index contributed by atoms with van der Waals surface area (Å²) in [6, 6.07) is 12.4. The molecule has 0 radical (unpaired) electrons. The molecular formula is C38H54N3O20+. The molecule has 23 nitrogen and oxygen atoms in total. The summed E-state index contributed by atoms with van der Waals surface area (Å²) in [6.07, 6.45) is -31.3. The van der Waals surface area contributed by atoms with Gasteiger partial charge in [-0.1, -0.05) is 0 Å². The minimum Gasteiger partial charge on any atom is -0.394 e. The second kappa shape index (κ2) is 18.9. The average molecular weight is 873 g/mol. The lowest BCUT2D eigenvalue weighted by molar-refractivity contribution is -0.617. The highest BCUT2D eigenvalue weighted by molar-refractivity contribution is 5.91. The minimum absolute atomic E-state index is 0.432. The summed E-state index contributed by atoms with van der Waals surface area (Å²) in [7, 11) is 1.79. The van der Waals surface area contributed by atoms with Gasteiger partial charge < -0.3 is 111 Å². The summed E-state index contributed by atoms with van der Waals surface area (Å²) in [5.74, 6) is 0. The Bertz CT molecular complexity index is 1810. The van der Waals surface area contributed by atoms with Crippen molar-refractivity contribution in [2.45, 2.75) is 123 Å². The zero-order valence-corrected chi connectivity index (χ0v) is 32.6. The average Bonchev–Trinajstić information content (AvgIpc) is 3.26. The summed E-state index contributed by atoms with van der Waals surface area (Å²) in [6.45, 7) is -2.87. The third kappa shape index (κ3) is 8.89. The molecule has 16 N–H and O–H groups in total. The SMILES string of the molecule is C[n+]1c2cc(N[C@@H]3O[C@H](CO)[C@@H](O[C@@H]4O[C@H](CO)[C@H](O)[C@H](O)[C@H]4O)[C@H](O)[C@H]3O)ccc2cc2ccc(N[C@@H]3O[C@H](CO)[C@@H](O[C@@H]4O[C@H](CO)[C@H](O)[C@H](O)[C@H]4O)[C@H](O)[C@H]3O)cc21. The molecule has 3 aromatic rings. The zero-order chi connectivity index (χ0) is 44.0. The summed E-state index contributed by atoms with van der Waals surface area (Å²) < 4.78 is 35.6. The molecule has 0 unspecified atom stereocenters. The Labute approximate surface area is 346 Å². The number of aliphatic hydroxyl groups is 14. The molecule has 0 amide bonds. The number of benzene rings is 2. The molecule has 2 aromatic carbocycles. The molecule has 340 valence electrons. The van der Waals surface area contributed by atoms with Crippen LogP contribution in [0.15, 0.2) is 42.5 Å². The first-order valence-electron chi connectivity index (χ1n) is 19.7. The predicted molar refractivity (Wildman–Crippen MR) is 203 cm³/mol. The Morgan fingerprint density at radius 3 is 1.20 bits per heavy atom. The van der Waals surface area contributed by atoms with Crippen LogP contribution in [0.25, 0.3) is 21.8 Å². The smallest absolute Gasteiger partial charge is 0.214 e. The van der Waals surface area contributed by atoms with Crippen molar-refractivity contribution in [1.29, 1.82) is 0 Å². The van der Waals surface area contributed by atoms with Gasteiger partial charge in [-0.3, -0.25) is 0 Å². The van der Waals surface area contributed by atoms with E-state index in [0.29, 0.717) is 22.4 Å². The monoisotopic (exact) mass is 872 g/mol. The van der Waals surface area contributed by atoms with E-state index in [1.807, 2.05) is 10.6 Å². The second-order valence-electron chi connectivity index (χ2n) is 15.7. The van der Waals surface area contributed by atoms with Crippen LogP contribution in [0.5, 0.6) is 0 Å². The molecule has 0 saturated carbocycles. The Balaban J connectivity index is 1.04. The molecule has 0 bridgehead atoms. The largest absolute Gasteiger partial charge is 0.394 e. The molecule has 23 heteroatoms. The maximum absolute atomic E-state index is 11.1. The van der Waals surface area contributed by atoms with Gasteiger partial charge in [-0.2, -0.15) is 4.57 Å². The Morgan fingerprint density at radius 2 is 0.836 bits per heavy atom. The van der Waals surface area contributed by atoms with Crippen LogP contribution in [-0.2, 0) is 35.5 Å². The third-order valence-electron chi connectivity index (χ3n) is 11.7. The van der Waals surface area contributed by atoms with Gasteiger partial charge in [0.05, 0.1) is 26.4 Å². The highest BCUT2D eigenvalue weighted by atomic mass is 16.7. The molecule has 7 rings (SSSR count). The van der Waals surface area contributed by atoms with Crippen molar-refractivity contribution >= 4 is 33.2 Å². The number of hydrogen-bond donors (Lipinski definition) is 16. The van der Waals surface area contributed by atoms with E-state index in [2.05, 4.69) is 10.6 Å². The molecule has 4 saturated heterocycles. The number of rotatable bonds is 12. The van der Waals surface area contributed by atoms with Crippen molar-refractivity contribution in [3.8, 4) is 0 Å². The molecule has 4 aliphatic heterocycles. The fourth-order valence-electron chi connectivity index (χ4n) is 8.14. The predicted octanol–water partition coefficient (Wildman–Crippen LogP) is -7.11. The summed E-state index contributed by atoms with van der Waals surface area (Å²) in [4.78, 5) is 0. The number of aromatic nitrogens is 1. The second-order valence-corrected chi connectivity index (χ2v) is 15.7. The topological polar surface area (TPSA) is 367 Å². The van der Waals surface area contributed by atoms with Gasteiger partial charge in [0.1, 0.15) is 105 Å². The first-order valence-corrected chi connectivity index (χ1v) is 19.7. The van der Waals surface area contributed by atoms with Crippen molar-refractivity contribution in [3.63, 3.8) is 0 Å². The van der Waals surface area contributed by atoms with E-state index in [1.165, 1.54) is 0 Å². The standard InChI is InChI=1S/C38H53N3O20/c1-41-17-7-15(39-35-29(52)27(50)33(21(11-44)56-35)60-37-31(54)25(48)23(46)19(9-42)58-37)4-2-13(17)6-14-3-5-16(8-18(14)41)40-36-30(53)28(51)34(22(12-45)57-36)61-38-32(55)26(49)24(47)20(10-43)59-38/h2-8,19-38,42-55H,9-12H2,1H3,(H,39,40)/p+1/t19-,20-,21-,22-,23+,24+,25+,26+,27-,28-,29-,30-,31-,32-,33-,34-,35-,36-,37+,38+/m1/s1. The van der Waals surface area contributed by atoms with Crippen LogP contribution in [0.3, 0.4) is 0 Å². The van der Waals surface area contributed by atoms with Crippen molar-refractivity contribution in [1.82, 2.24) is 0 Å². The van der Waals surface area contributed by atoms with Crippen LogP contribution in [0, 0.1) is 0 Å². The van der Waals surface area contributed by atoms with Crippen LogP contribution in [-0.4, -0.2) is 221 Å². The van der Waals surface area contributed by atoms with Crippen LogP contribution in [0.2, 0.25) is 0 Å². The van der Waals surface area contributed by atoms with Gasteiger partial charge in [0.25, 0.3) is 0 Å². The Morgan fingerprint density at radius 1 is 0.459 bits per heavy atom. The lowest BCUT2D eigenvalue weighted by Gasteiger charge is -2.46.